The summed E-state index contributed by atoms with van der Waals surface area (Å²) < 4.78 is 5.33. The quantitative estimate of drug-likeness (QED) is 0.846. The van der Waals surface area contributed by atoms with E-state index in [1.54, 1.807) is 0 Å². The fraction of sp³-hybridized carbons (Fsp3) is 0.556. The molecular weight excluding hydrogens is 274 g/mol. The van der Waals surface area contributed by atoms with Gasteiger partial charge in [0, 0.05) is 12.0 Å². The van der Waals surface area contributed by atoms with Gasteiger partial charge in [0.2, 0.25) is 5.89 Å². The Morgan fingerprint density at radius 3 is 2.59 bits per heavy atom. The van der Waals surface area contributed by atoms with Crippen molar-refractivity contribution in [3.8, 4) is 0 Å². The molecular formula is C18H25N3O. The molecule has 1 aliphatic rings. The Balaban J connectivity index is 1.46. The van der Waals surface area contributed by atoms with Gasteiger partial charge < -0.3 is 9.42 Å². The van der Waals surface area contributed by atoms with Crippen LogP contribution in [-0.2, 0) is 6.42 Å². The average Bonchev–Trinajstić information content (AvgIpc) is 3.00. The fourth-order valence-electron chi connectivity index (χ4n) is 3.27. The first-order valence-corrected chi connectivity index (χ1v) is 8.30. The highest BCUT2D eigenvalue weighted by Crippen LogP contribution is 2.28. The van der Waals surface area contributed by atoms with Crippen LogP contribution in [0, 0.1) is 6.92 Å². The standard InChI is InChI=1S/C18H25N3O/c1-14(8-9-16-6-4-3-5-7-16)21-12-10-17(11-13-21)18-19-15(2)20-22-18/h3-7,14,17H,8-13H2,1-2H3/t14-/m1/s1. The summed E-state index contributed by atoms with van der Waals surface area (Å²) in [5.41, 5.74) is 1.44. The minimum Gasteiger partial charge on any atom is -0.339 e. The maximum absolute atomic E-state index is 5.33. The van der Waals surface area contributed by atoms with Gasteiger partial charge in [0.15, 0.2) is 5.82 Å². The summed E-state index contributed by atoms with van der Waals surface area (Å²) in [6.07, 6.45) is 4.62. The Hall–Kier alpha value is -1.68. The van der Waals surface area contributed by atoms with Crippen LogP contribution in [0.3, 0.4) is 0 Å². The number of nitrogens with zero attached hydrogens (tertiary/aromatic N) is 3. The highest BCUT2D eigenvalue weighted by Gasteiger charge is 2.26. The van der Waals surface area contributed by atoms with Crippen molar-refractivity contribution in [2.45, 2.75) is 51.5 Å². The normalized spacial score (nSPS) is 18.5. The number of likely N-dealkylation sites (tertiary alicyclic amines) is 1. The highest BCUT2D eigenvalue weighted by molar-refractivity contribution is 5.14. The molecule has 0 bridgehead atoms. The van der Waals surface area contributed by atoms with Crippen molar-refractivity contribution in [1.82, 2.24) is 15.0 Å². The largest absolute Gasteiger partial charge is 0.339 e. The third kappa shape index (κ3) is 3.74. The van der Waals surface area contributed by atoms with E-state index >= 15 is 0 Å². The second kappa shape index (κ2) is 7.05. The van der Waals surface area contributed by atoms with Crippen molar-refractivity contribution in [3.63, 3.8) is 0 Å². The summed E-state index contributed by atoms with van der Waals surface area (Å²) in [6, 6.07) is 11.4. The lowest BCUT2D eigenvalue weighted by molar-refractivity contribution is 0.145. The minimum atomic E-state index is 0.443. The maximum atomic E-state index is 5.33. The zero-order valence-corrected chi connectivity index (χ0v) is 13.5. The van der Waals surface area contributed by atoms with E-state index in [0.717, 1.165) is 44.1 Å². The number of rotatable bonds is 5. The Labute approximate surface area is 132 Å². The predicted molar refractivity (Wildman–Crippen MR) is 86.8 cm³/mol. The molecule has 0 amide bonds. The van der Waals surface area contributed by atoms with Crippen LogP contribution in [0.1, 0.15) is 49.4 Å². The number of benzene rings is 1. The van der Waals surface area contributed by atoms with Gasteiger partial charge >= 0.3 is 0 Å². The van der Waals surface area contributed by atoms with Crippen molar-refractivity contribution in [3.05, 3.63) is 47.6 Å². The van der Waals surface area contributed by atoms with E-state index in [2.05, 4.69) is 52.3 Å². The van der Waals surface area contributed by atoms with Gasteiger partial charge in [-0.05, 0) is 58.2 Å². The predicted octanol–water partition coefficient (Wildman–Crippen LogP) is 3.58. The number of hydrogen-bond acceptors (Lipinski definition) is 4. The topological polar surface area (TPSA) is 42.2 Å². The molecule has 2 heterocycles. The SMILES string of the molecule is Cc1noc(C2CCN([C@H](C)CCc3ccccc3)CC2)n1. The molecule has 1 saturated heterocycles. The van der Waals surface area contributed by atoms with Crippen LogP contribution in [0.25, 0.3) is 0 Å². The Morgan fingerprint density at radius 2 is 1.95 bits per heavy atom. The lowest BCUT2D eigenvalue weighted by Gasteiger charge is -2.35. The third-order valence-corrected chi connectivity index (χ3v) is 4.74. The number of aryl methyl sites for hydroxylation is 2. The number of aromatic nitrogens is 2. The molecule has 1 aromatic heterocycles. The zero-order chi connectivity index (χ0) is 15.4. The summed E-state index contributed by atoms with van der Waals surface area (Å²) in [5.74, 6) is 2.02. The first kappa shape index (κ1) is 15.2. The van der Waals surface area contributed by atoms with Crippen LogP contribution in [0.15, 0.2) is 34.9 Å². The number of piperidine rings is 1. The summed E-state index contributed by atoms with van der Waals surface area (Å²) in [6.45, 7) is 6.48. The van der Waals surface area contributed by atoms with Gasteiger partial charge in [-0.1, -0.05) is 35.5 Å². The lowest BCUT2D eigenvalue weighted by Crippen LogP contribution is -2.39. The Kier molecular flexibility index (Phi) is 4.88. The molecule has 4 nitrogen and oxygen atoms in total. The molecule has 1 fully saturated rings. The van der Waals surface area contributed by atoms with E-state index < -0.39 is 0 Å². The van der Waals surface area contributed by atoms with E-state index in [0.29, 0.717) is 12.0 Å². The van der Waals surface area contributed by atoms with Crippen LogP contribution in [0.2, 0.25) is 0 Å². The third-order valence-electron chi connectivity index (χ3n) is 4.74. The summed E-state index contributed by atoms with van der Waals surface area (Å²) in [4.78, 5) is 6.98. The molecule has 4 heteroatoms. The monoisotopic (exact) mass is 299 g/mol. The van der Waals surface area contributed by atoms with Crippen LogP contribution >= 0.6 is 0 Å². The lowest BCUT2D eigenvalue weighted by atomic mass is 9.94. The van der Waals surface area contributed by atoms with E-state index in [9.17, 15) is 0 Å². The van der Waals surface area contributed by atoms with Gasteiger partial charge in [0.05, 0.1) is 0 Å². The second-order valence-corrected chi connectivity index (χ2v) is 6.36. The van der Waals surface area contributed by atoms with Crippen LogP contribution in [0.5, 0.6) is 0 Å². The van der Waals surface area contributed by atoms with Gasteiger partial charge in [-0.15, -0.1) is 0 Å². The van der Waals surface area contributed by atoms with Crippen molar-refractivity contribution < 1.29 is 4.52 Å². The maximum Gasteiger partial charge on any atom is 0.229 e. The smallest absolute Gasteiger partial charge is 0.229 e. The first-order chi connectivity index (χ1) is 10.7. The van der Waals surface area contributed by atoms with E-state index in [1.807, 2.05) is 6.92 Å². The minimum absolute atomic E-state index is 0.443. The molecule has 0 unspecified atom stereocenters. The van der Waals surface area contributed by atoms with Gasteiger partial charge in [-0.2, -0.15) is 4.98 Å². The molecule has 118 valence electrons. The van der Waals surface area contributed by atoms with Crippen LogP contribution < -0.4 is 0 Å². The van der Waals surface area contributed by atoms with Crippen molar-refractivity contribution in [2.75, 3.05) is 13.1 Å². The van der Waals surface area contributed by atoms with Crippen molar-refractivity contribution in [2.24, 2.45) is 0 Å². The first-order valence-electron chi connectivity index (χ1n) is 8.30. The van der Waals surface area contributed by atoms with Gasteiger partial charge in [-0.3, -0.25) is 0 Å². The Bertz CT molecular complexity index is 573. The molecule has 0 aliphatic carbocycles. The second-order valence-electron chi connectivity index (χ2n) is 6.36. The van der Waals surface area contributed by atoms with Gasteiger partial charge in [-0.25, -0.2) is 0 Å². The summed E-state index contributed by atoms with van der Waals surface area (Å²) in [7, 11) is 0. The molecule has 1 aromatic carbocycles. The van der Waals surface area contributed by atoms with Crippen LogP contribution in [-0.4, -0.2) is 34.2 Å². The molecule has 0 spiro atoms. The molecule has 1 aliphatic heterocycles. The zero-order valence-electron chi connectivity index (χ0n) is 13.5. The van der Waals surface area contributed by atoms with Gasteiger partial charge in [0.25, 0.3) is 0 Å². The van der Waals surface area contributed by atoms with Crippen molar-refractivity contribution >= 4 is 0 Å². The molecule has 0 radical (unpaired) electrons. The fourth-order valence-corrected chi connectivity index (χ4v) is 3.27. The van der Waals surface area contributed by atoms with E-state index in [-0.39, 0.29) is 0 Å². The summed E-state index contributed by atoms with van der Waals surface area (Å²) >= 11 is 0. The highest BCUT2D eigenvalue weighted by atomic mass is 16.5. The van der Waals surface area contributed by atoms with Gasteiger partial charge in [0.1, 0.15) is 0 Å². The summed E-state index contributed by atoms with van der Waals surface area (Å²) in [5, 5.41) is 3.91. The molecule has 22 heavy (non-hydrogen) atoms. The van der Waals surface area contributed by atoms with E-state index in [4.69, 9.17) is 4.52 Å². The molecule has 3 rings (SSSR count). The van der Waals surface area contributed by atoms with Crippen LogP contribution in [0.4, 0.5) is 0 Å². The average molecular weight is 299 g/mol. The molecule has 1 atom stereocenters. The molecule has 2 aromatic rings. The van der Waals surface area contributed by atoms with Crippen molar-refractivity contribution in [1.29, 1.82) is 0 Å². The Morgan fingerprint density at radius 1 is 1.23 bits per heavy atom. The molecule has 0 saturated carbocycles. The molecule has 0 N–H and O–H groups in total. The number of hydrogen-bond donors (Lipinski definition) is 0. The van der Waals surface area contributed by atoms with E-state index in [1.165, 1.54) is 12.0 Å².